The first-order valence-corrected chi connectivity index (χ1v) is 9.35. The Morgan fingerprint density at radius 3 is 2.19 bits per heavy atom. The van der Waals surface area contributed by atoms with E-state index in [2.05, 4.69) is 4.98 Å². The van der Waals surface area contributed by atoms with Crippen molar-refractivity contribution in [3.8, 4) is 0 Å². The predicted octanol–water partition coefficient (Wildman–Crippen LogP) is 3.59. The normalized spacial score (nSPS) is 11.2. The summed E-state index contributed by atoms with van der Waals surface area (Å²) in [6, 6.07) is 18.6. The van der Waals surface area contributed by atoms with Crippen LogP contribution in [0.15, 0.2) is 82.4 Å². The molecule has 0 amide bonds. The van der Waals surface area contributed by atoms with Crippen molar-refractivity contribution in [3.63, 3.8) is 0 Å². The van der Waals surface area contributed by atoms with Crippen molar-refractivity contribution in [2.75, 3.05) is 0 Å². The Morgan fingerprint density at radius 1 is 0.839 bits per heavy atom. The number of H-pyrrole nitrogens is 1. The van der Waals surface area contributed by atoms with Gasteiger partial charge >= 0.3 is 0 Å². The van der Waals surface area contributed by atoms with E-state index in [9.17, 15) is 24.5 Å². The SMILES string of the molecule is O=C(c1ccccc1[N+](=O)[O-])n1c2ccccc2c2[nH]c(=O)c3ccccc3c(=O)c21. The molecule has 0 fully saturated rings. The monoisotopic (exact) mass is 411 g/mol. The quantitative estimate of drug-likeness (QED) is 0.352. The fourth-order valence-electron chi connectivity index (χ4n) is 3.91. The number of aromatic nitrogens is 2. The summed E-state index contributed by atoms with van der Waals surface area (Å²) in [6.07, 6.45) is 0. The molecule has 0 atom stereocenters. The van der Waals surface area contributed by atoms with E-state index in [4.69, 9.17) is 0 Å². The van der Waals surface area contributed by atoms with E-state index in [0.717, 1.165) is 4.57 Å². The molecule has 2 aromatic heterocycles. The predicted molar refractivity (Wildman–Crippen MR) is 117 cm³/mol. The largest absolute Gasteiger partial charge is 0.319 e. The molecule has 0 aliphatic heterocycles. The number of aromatic amines is 1. The number of rotatable bonds is 2. The molecule has 2 heterocycles. The minimum absolute atomic E-state index is 0.0392. The van der Waals surface area contributed by atoms with Crippen LogP contribution in [0.1, 0.15) is 10.4 Å². The first-order valence-electron chi connectivity index (χ1n) is 9.35. The number of para-hydroxylation sites is 2. The first-order chi connectivity index (χ1) is 15.0. The smallest absolute Gasteiger partial charge is 0.282 e. The number of carbonyl (C=O) groups excluding carboxylic acids is 1. The minimum atomic E-state index is -0.730. The third-order valence-electron chi connectivity index (χ3n) is 5.28. The number of fused-ring (bicyclic) bond motifs is 4. The number of nitrogens with zero attached hydrogens (tertiary/aromatic N) is 2. The summed E-state index contributed by atoms with van der Waals surface area (Å²) in [4.78, 5) is 53.5. The molecular formula is C23H13N3O5. The standard InChI is InChI=1S/C23H13N3O5/c27-21-13-7-1-2-8-14(13)22(28)24-19-15-9-3-5-11-17(15)25(20(19)21)23(29)16-10-4-6-12-18(16)26(30)31/h1-12H,(H,24,28). The van der Waals surface area contributed by atoms with Crippen LogP contribution in [0.3, 0.4) is 0 Å². The zero-order valence-corrected chi connectivity index (χ0v) is 15.9. The van der Waals surface area contributed by atoms with E-state index in [1.54, 1.807) is 36.4 Å². The Kier molecular flexibility index (Phi) is 4.01. The maximum absolute atomic E-state index is 13.6. The molecule has 0 spiro atoms. The van der Waals surface area contributed by atoms with Crippen LogP contribution in [-0.4, -0.2) is 20.4 Å². The molecule has 0 aliphatic rings. The lowest BCUT2D eigenvalue weighted by Gasteiger charge is -2.06. The van der Waals surface area contributed by atoms with Crippen LogP contribution in [0, 0.1) is 10.1 Å². The van der Waals surface area contributed by atoms with E-state index in [1.807, 2.05) is 0 Å². The molecule has 5 rings (SSSR count). The summed E-state index contributed by atoms with van der Waals surface area (Å²) in [7, 11) is 0. The number of nitro groups is 1. The van der Waals surface area contributed by atoms with Crippen molar-refractivity contribution in [2.45, 2.75) is 0 Å². The molecule has 0 aliphatic carbocycles. The lowest BCUT2D eigenvalue weighted by atomic mass is 10.1. The van der Waals surface area contributed by atoms with Gasteiger partial charge in [-0.3, -0.25) is 29.1 Å². The topological polar surface area (TPSA) is 115 Å². The molecule has 5 aromatic rings. The highest BCUT2D eigenvalue weighted by molar-refractivity contribution is 6.16. The van der Waals surface area contributed by atoms with Crippen molar-refractivity contribution in [3.05, 3.63) is 109 Å². The van der Waals surface area contributed by atoms with Gasteiger partial charge in [-0.25, -0.2) is 0 Å². The third-order valence-corrected chi connectivity index (χ3v) is 5.28. The third kappa shape index (κ3) is 2.66. The molecule has 0 bridgehead atoms. The molecule has 150 valence electrons. The fourth-order valence-corrected chi connectivity index (χ4v) is 3.91. The van der Waals surface area contributed by atoms with Crippen molar-refractivity contribution < 1.29 is 9.72 Å². The Bertz CT molecular complexity index is 1680. The van der Waals surface area contributed by atoms with E-state index in [0.29, 0.717) is 10.9 Å². The van der Waals surface area contributed by atoms with Crippen molar-refractivity contribution in [1.29, 1.82) is 0 Å². The van der Waals surface area contributed by atoms with Gasteiger partial charge in [0.25, 0.3) is 17.2 Å². The van der Waals surface area contributed by atoms with E-state index in [1.165, 1.54) is 36.4 Å². The molecule has 8 heteroatoms. The van der Waals surface area contributed by atoms with Crippen LogP contribution < -0.4 is 11.0 Å². The second-order valence-corrected chi connectivity index (χ2v) is 6.98. The number of benzene rings is 3. The van der Waals surface area contributed by atoms with Crippen LogP contribution in [-0.2, 0) is 0 Å². The molecule has 0 unspecified atom stereocenters. The number of nitro benzene ring substituents is 1. The summed E-state index contributed by atoms with van der Waals surface area (Å²) in [5.74, 6) is -0.730. The number of hydrogen-bond acceptors (Lipinski definition) is 5. The average Bonchev–Trinajstić information content (AvgIpc) is 3.06. The van der Waals surface area contributed by atoms with Gasteiger partial charge in [-0.05, 0) is 18.2 Å². The van der Waals surface area contributed by atoms with Crippen LogP contribution in [0.2, 0.25) is 0 Å². The second-order valence-electron chi connectivity index (χ2n) is 6.98. The summed E-state index contributed by atoms with van der Waals surface area (Å²) in [5.41, 5.74) is -0.992. The lowest BCUT2D eigenvalue weighted by molar-refractivity contribution is -0.385. The molecule has 0 saturated carbocycles. The van der Waals surface area contributed by atoms with Crippen LogP contribution in [0.4, 0.5) is 5.69 Å². The van der Waals surface area contributed by atoms with Crippen molar-refractivity contribution in [1.82, 2.24) is 9.55 Å². The van der Waals surface area contributed by atoms with Gasteiger partial charge in [-0.15, -0.1) is 0 Å². The van der Waals surface area contributed by atoms with Crippen LogP contribution in [0.25, 0.3) is 32.7 Å². The Balaban J connectivity index is 2.02. The van der Waals surface area contributed by atoms with Crippen LogP contribution in [0.5, 0.6) is 0 Å². The summed E-state index contributed by atoms with van der Waals surface area (Å²) < 4.78 is 1.15. The Morgan fingerprint density at radius 2 is 1.45 bits per heavy atom. The highest BCUT2D eigenvalue weighted by Gasteiger charge is 2.26. The summed E-state index contributed by atoms with van der Waals surface area (Å²) in [5, 5.41) is 12.3. The van der Waals surface area contributed by atoms with E-state index in [-0.39, 0.29) is 33.1 Å². The highest BCUT2D eigenvalue weighted by Crippen LogP contribution is 2.28. The maximum Gasteiger partial charge on any atom is 0.282 e. The van der Waals surface area contributed by atoms with Crippen molar-refractivity contribution in [2.24, 2.45) is 0 Å². The molecule has 0 radical (unpaired) electrons. The molecular weight excluding hydrogens is 398 g/mol. The minimum Gasteiger partial charge on any atom is -0.319 e. The van der Waals surface area contributed by atoms with Crippen LogP contribution >= 0.6 is 0 Å². The molecule has 1 N–H and O–H groups in total. The fraction of sp³-hybridized carbons (Fsp3) is 0. The van der Waals surface area contributed by atoms with Gasteiger partial charge in [0.1, 0.15) is 11.1 Å². The van der Waals surface area contributed by atoms with Gasteiger partial charge in [0.05, 0.1) is 21.3 Å². The lowest BCUT2D eigenvalue weighted by Crippen LogP contribution is -2.17. The van der Waals surface area contributed by atoms with Gasteiger partial charge in [-0.1, -0.05) is 48.5 Å². The summed E-state index contributed by atoms with van der Waals surface area (Å²) >= 11 is 0. The first kappa shape index (κ1) is 18.4. The average molecular weight is 411 g/mol. The van der Waals surface area contributed by atoms with Gasteiger partial charge in [0.2, 0.25) is 5.43 Å². The summed E-state index contributed by atoms with van der Waals surface area (Å²) in [6.45, 7) is 0. The van der Waals surface area contributed by atoms with E-state index >= 15 is 0 Å². The molecule has 8 nitrogen and oxygen atoms in total. The zero-order valence-electron chi connectivity index (χ0n) is 15.9. The van der Waals surface area contributed by atoms with Crippen molar-refractivity contribution >= 4 is 44.3 Å². The Labute approximate surface area is 173 Å². The van der Waals surface area contributed by atoms with E-state index < -0.39 is 21.8 Å². The van der Waals surface area contributed by atoms with Gasteiger partial charge in [0, 0.05) is 16.8 Å². The number of carbonyl (C=O) groups is 1. The molecule has 3 aromatic carbocycles. The Hall–Kier alpha value is -4.59. The molecule has 31 heavy (non-hydrogen) atoms. The molecule has 0 saturated heterocycles. The number of nitrogens with one attached hydrogen (secondary N) is 1. The maximum atomic E-state index is 13.6. The second kappa shape index (κ2) is 6.74. The van der Waals surface area contributed by atoms with Gasteiger partial charge in [-0.2, -0.15) is 0 Å². The highest BCUT2D eigenvalue weighted by atomic mass is 16.6. The van der Waals surface area contributed by atoms with Gasteiger partial charge < -0.3 is 4.98 Å². The van der Waals surface area contributed by atoms with Gasteiger partial charge in [0.15, 0.2) is 0 Å². The zero-order chi connectivity index (χ0) is 21.7. The number of hydrogen-bond donors (Lipinski definition) is 1.